The Bertz CT molecular complexity index is 896. The standard InChI is InChI=1S/C23H25F3N2O2/c1-30-21-10-3-2-7-19(21)8-5-12-27-13-11-22(29)28(15-14-27)17-18-6-4-9-20(16-18)23(24,25)26/h2-10,16H,11-15,17H2,1H3. The topological polar surface area (TPSA) is 32.8 Å². The zero-order chi connectivity index (χ0) is 21.6. The Kier molecular flexibility index (Phi) is 7.15. The third-order valence-electron chi connectivity index (χ3n) is 5.11. The largest absolute Gasteiger partial charge is 0.496 e. The molecule has 4 nitrogen and oxygen atoms in total. The van der Waals surface area contributed by atoms with Crippen molar-refractivity contribution < 1.29 is 22.7 Å². The molecule has 7 heteroatoms. The Balaban J connectivity index is 1.58. The normalized spacial score (nSPS) is 16.1. The molecule has 1 amide bonds. The summed E-state index contributed by atoms with van der Waals surface area (Å²) in [5.74, 6) is 0.760. The van der Waals surface area contributed by atoms with Gasteiger partial charge < -0.3 is 9.64 Å². The number of para-hydroxylation sites is 1. The van der Waals surface area contributed by atoms with Crippen LogP contribution >= 0.6 is 0 Å². The van der Waals surface area contributed by atoms with E-state index in [1.807, 2.05) is 36.4 Å². The number of carbonyl (C=O) groups is 1. The van der Waals surface area contributed by atoms with Gasteiger partial charge in [-0.3, -0.25) is 9.69 Å². The molecule has 0 unspecified atom stereocenters. The second-order valence-electron chi connectivity index (χ2n) is 7.21. The summed E-state index contributed by atoms with van der Waals surface area (Å²) in [7, 11) is 1.63. The molecule has 0 atom stereocenters. The summed E-state index contributed by atoms with van der Waals surface area (Å²) in [6.07, 6.45) is -0.0123. The molecule has 0 aromatic heterocycles. The van der Waals surface area contributed by atoms with Crippen LogP contribution in [-0.2, 0) is 17.5 Å². The molecule has 0 radical (unpaired) electrons. The third-order valence-corrected chi connectivity index (χ3v) is 5.11. The summed E-state index contributed by atoms with van der Waals surface area (Å²) in [6.45, 7) is 2.64. The van der Waals surface area contributed by atoms with Gasteiger partial charge in [0, 0.05) is 44.7 Å². The molecule has 30 heavy (non-hydrogen) atoms. The molecule has 3 rings (SSSR count). The van der Waals surface area contributed by atoms with Crippen molar-refractivity contribution in [2.24, 2.45) is 0 Å². The van der Waals surface area contributed by atoms with E-state index in [-0.39, 0.29) is 12.5 Å². The van der Waals surface area contributed by atoms with Gasteiger partial charge in [0.2, 0.25) is 5.91 Å². The predicted octanol–water partition coefficient (Wildman–Crippen LogP) is 4.46. The lowest BCUT2D eigenvalue weighted by molar-refractivity contribution is -0.137. The molecule has 2 aromatic carbocycles. The number of hydrogen-bond acceptors (Lipinski definition) is 3. The van der Waals surface area contributed by atoms with Gasteiger partial charge in [-0.1, -0.05) is 42.5 Å². The summed E-state index contributed by atoms with van der Waals surface area (Å²) in [4.78, 5) is 16.3. The minimum Gasteiger partial charge on any atom is -0.496 e. The van der Waals surface area contributed by atoms with E-state index in [2.05, 4.69) is 4.90 Å². The van der Waals surface area contributed by atoms with Crippen molar-refractivity contribution in [3.8, 4) is 5.75 Å². The van der Waals surface area contributed by atoms with Crippen molar-refractivity contribution in [3.63, 3.8) is 0 Å². The van der Waals surface area contributed by atoms with Crippen LogP contribution in [0, 0.1) is 0 Å². The lowest BCUT2D eigenvalue weighted by atomic mass is 10.1. The maximum absolute atomic E-state index is 12.9. The van der Waals surface area contributed by atoms with Gasteiger partial charge in [-0.05, 0) is 23.8 Å². The molecule has 1 saturated heterocycles. The van der Waals surface area contributed by atoms with E-state index in [0.29, 0.717) is 38.2 Å². The number of rotatable bonds is 6. The van der Waals surface area contributed by atoms with Crippen LogP contribution in [0.3, 0.4) is 0 Å². The first-order valence-corrected chi connectivity index (χ1v) is 9.82. The summed E-state index contributed by atoms with van der Waals surface area (Å²) >= 11 is 0. The summed E-state index contributed by atoms with van der Waals surface area (Å²) in [5, 5.41) is 0. The molecular weight excluding hydrogens is 393 g/mol. The highest BCUT2D eigenvalue weighted by Crippen LogP contribution is 2.29. The third kappa shape index (κ3) is 5.86. The summed E-state index contributed by atoms with van der Waals surface area (Å²) in [6, 6.07) is 12.9. The van der Waals surface area contributed by atoms with Gasteiger partial charge in [-0.15, -0.1) is 0 Å². The fourth-order valence-electron chi connectivity index (χ4n) is 3.46. The van der Waals surface area contributed by atoms with Crippen LogP contribution in [0.4, 0.5) is 13.2 Å². The van der Waals surface area contributed by atoms with Gasteiger partial charge in [-0.2, -0.15) is 13.2 Å². The number of alkyl halides is 3. The predicted molar refractivity (Wildman–Crippen MR) is 110 cm³/mol. The maximum Gasteiger partial charge on any atom is 0.416 e. The van der Waals surface area contributed by atoms with E-state index in [1.54, 1.807) is 18.1 Å². The number of amides is 1. The molecule has 2 aromatic rings. The van der Waals surface area contributed by atoms with E-state index in [0.717, 1.165) is 23.4 Å². The van der Waals surface area contributed by atoms with Crippen LogP contribution in [0.25, 0.3) is 6.08 Å². The van der Waals surface area contributed by atoms with E-state index < -0.39 is 11.7 Å². The highest BCUT2D eigenvalue weighted by atomic mass is 19.4. The molecule has 0 N–H and O–H groups in total. The van der Waals surface area contributed by atoms with E-state index >= 15 is 0 Å². The highest BCUT2D eigenvalue weighted by molar-refractivity contribution is 5.76. The van der Waals surface area contributed by atoms with Crippen molar-refractivity contribution in [2.45, 2.75) is 19.1 Å². The van der Waals surface area contributed by atoms with Crippen LogP contribution in [0.15, 0.2) is 54.6 Å². The minimum absolute atomic E-state index is 0.0383. The molecule has 160 valence electrons. The first-order chi connectivity index (χ1) is 14.4. The summed E-state index contributed by atoms with van der Waals surface area (Å²) < 4.78 is 44.1. The van der Waals surface area contributed by atoms with Crippen molar-refractivity contribution in [2.75, 3.05) is 33.3 Å². The lowest BCUT2D eigenvalue weighted by Gasteiger charge is -2.22. The van der Waals surface area contributed by atoms with Crippen LogP contribution in [0.1, 0.15) is 23.1 Å². The fraction of sp³-hybridized carbons (Fsp3) is 0.348. The molecule has 0 spiro atoms. The Morgan fingerprint density at radius 1 is 1.07 bits per heavy atom. The Morgan fingerprint density at radius 3 is 2.63 bits per heavy atom. The fourth-order valence-corrected chi connectivity index (χ4v) is 3.46. The minimum atomic E-state index is -4.39. The highest BCUT2D eigenvalue weighted by Gasteiger charge is 2.30. The molecular formula is C23H25F3N2O2. The number of carbonyl (C=O) groups excluding carboxylic acids is 1. The van der Waals surface area contributed by atoms with Crippen LogP contribution in [-0.4, -0.2) is 49.0 Å². The van der Waals surface area contributed by atoms with Crippen molar-refractivity contribution in [1.29, 1.82) is 0 Å². The van der Waals surface area contributed by atoms with E-state index in [4.69, 9.17) is 4.74 Å². The second-order valence-corrected chi connectivity index (χ2v) is 7.21. The average molecular weight is 418 g/mol. The Morgan fingerprint density at radius 2 is 1.87 bits per heavy atom. The smallest absolute Gasteiger partial charge is 0.416 e. The van der Waals surface area contributed by atoms with Crippen LogP contribution in [0.5, 0.6) is 5.75 Å². The van der Waals surface area contributed by atoms with Crippen LogP contribution < -0.4 is 4.74 Å². The molecule has 0 aliphatic carbocycles. The van der Waals surface area contributed by atoms with Crippen molar-refractivity contribution >= 4 is 12.0 Å². The monoisotopic (exact) mass is 418 g/mol. The van der Waals surface area contributed by atoms with E-state index in [1.165, 1.54) is 6.07 Å². The van der Waals surface area contributed by atoms with Crippen molar-refractivity contribution in [3.05, 3.63) is 71.3 Å². The number of halogens is 3. The Labute approximate surface area is 174 Å². The average Bonchev–Trinajstić information content (AvgIpc) is 2.90. The number of methoxy groups -OCH3 is 1. The van der Waals surface area contributed by atoms with E-state index in [9.17, 15) is 18.0 Å². The Hall–Kier alpha value is -2.80. The zero-order valence-electron chi connectivity index (χ0n) is 16.9. The second kappa shape index (κ2) is 9.80. The number of benzene rings is 2. The molecule has 1 heterocycles. The molecule has 1 aliphatic heterocycles. The first-order valence-electron chi connectivity index (χ1n) is 9.82. The van der Waals surface area contributed by atoms with Crippen molar-refractivity contribution in [1.82, 2.24) is 9.80 Å². The van der Waals surface area contributed by atoms with Gasteiger partial charge >= 0.3 is 6.18 Å². The van der Waals surface area contributed by atoms with Gasteiger partial charge in [0.1, 0.15) is 5.75 Å². The number of hydrogen-bond donors (Lipinski definition) is 0. The van der Waals surface area contributed by atoms with Crippen LogP contribution in [0.2, 0.25) is 0 Å². The number of nitrogens with zero attached hydrogens (tertiary/aromatic N) is 2. The first kappa shape index (κ1) is 21.9. The molecule has 1 aliphatic rings. The lowest BCUT2D eigenvalue weighted by Crippen LogP contribution is -2.33. The van der Waals surface area contributed by atoms with Gasteiger partial charge in [0.05, 0.1) is 12.7 Å². The van der Waals surface area contributed by atoms with Gasteiger partial charge in [0.15, 0.2) is 0 Å². The molecule has 1 fully saturated rings. The molecule has 0 bridgehead atoms. The SMILES string of the molecule is COc1ccccc1C=CCN1CCC(=O)N(Cc2cccc(C(F)(F)F)c2)CC1. The summed E-state index contributed by atoms with van der Waals surface area (Å²) in [5.41, 5.74) is 0.783. The van der Waals surface area contributed by atoms with Gasteiger partial charge in [0.25, 0.3) is 0 Å². The number of ether oxygens (including phenoxy) is 1. The molecule has 0 saturated carbocycles. The van der Waals surface area contributed by atoms with Gasteiger partial charge in [-0.25, -0.2) is 0 Å². The zero-order valence-corrected chi connectivity index (χ0v) is 16.9. The maximum atomic E-state index is 12.9. The quantitative estimate of drug-likeness (QED) is 0.694.